The fourth-order valence-electron chi connectivity index (χ4n) is 2.76. The van der Waals surface area contributed by atoms with Gasteiger partial charge in [-0.1, -0.05) is 27.7 Å². The maximum atomic E-state index is 5.00. The van der Waals surface area contributed by atoms with E-state index in [1.54, 1.807) is 0 Å². The van der Waals surface area contributed by atoms with Crippen LogP contribution in [0.15, 0.2) is 0 Å². The van der Waals surface area contributed by atoms with Crippen LogP contribution in [0.2, 0.25) is 0 Å². The lowest BCUT2D eigenvalue weighted by molar-refractivity contribution is 0.558. The van der Waals surface area contributed by atoms with Gasteiger partial charge in [-0.25, -0.2) is 4.98 Å². The third-order valence-corrected chi connectivity index (χ3v) is 5.00. The Hall–Kier alpha value is -0.610. The molecule has 0 saturated carbocycles. The first-order valence-corrected chi connectivity index (χ1v) is 8.72. The van der Waals surface area contributed by atoms with Crippen LogP contribution in [0, 0.1) is 0 Å². The van der Waals surface area contributed by atoms with Crippen LogP contribution in [0.1, 0.15) is 64.5 Å². The number of hydrogen-bond acceptors (Lipinski definition) is 4. The molecule has 1 aromatic heterocycles. The molecule has 1 fully saturated rings. The van der Waals surface area contributed by atoms with E-state index in [2.05, 4.69) is 44.8 Å². The van der Waals surface area contributed by atoms with Crippen molar-refractivity contribution in [2.45, 2.75) is 71.9 Å². The summed E-state index contributed by atoms with van der Waals surface area (Å²) in [5.41, 5.74) is 1.40. The molecule has 1 saturated heterocycles. The molecule has 1 aliphatic heterocycles. The molecule has 1 N–H and O–H groups in total. The monoisotopic (exact) mass is 295 g/mol. The Bertz CT molecular complexity index is 433. The Kier molecular flexibility index (Phi) is 5.08. The maximum absolute atomic E-state index is 5.00. The molecule has 4 heteroatoms. The SMILES string of the molecule is CCCNCc1sc(N2CCCC2C)nc1C(C)(C)C. The Morgan fingerprint density at radius 1 is 1.40 bits per heavy atom. The van der Waals surface area contributed by atoms with Crippen molar-refractivity contribution >= 4 is 16.5 Å². The first kappa shape index (κ1) is 15.8. The van der Waals surface area contributed by atoms with Crippen LogP contribution < -0.4 is 10.2 Å². The van der Waals surface area contributed by atoms with Crippen LogP contribution >= 0.6 is 11.3 Å². The fourth-order valence-corrected chi connectivity index (χ4v) is 4.13. The van der Waals surface area contributed by atoms with Gasteiger partial charge in [-0.05, 0) is 32.7 Å². The third kappa shape index (κ3) is 3.53. The van der Waals surface area contributed by atoms with E-state index in [0.29, 0.717) is 6.04 Å². The molecular formula is C16H29N3S. The van der Waals surface area contributed by atoms with Crippen molar-refractivity contribution < 1.29 is 0 Å². The quantitative estimate of drug-likeness (QED) is 0.834. The number of aromatic nitrogens is 1. The Balaban J connectivity index is 2.22. The van der Waals surface area contributed by atoms with Crippen LogP contribution in [0.4, 0.5) is 5.13 Å². The topological polar surface area (TPSA) is 28.2 Å². The van der Waals surface area contributed by atoms with E-state index in [9.17, 15) is 0 Å². The second kappa shape index (κ2) is 6.44. The molecule has 0 amide bonds. The molecule has 1 aromatic rings. The molecule has 0 radical (unpaired) electrons. The highest BCUT2D eigenvalue weighted by atomic mass is 32.1. The van der Waals surface area contributed by atoms with Gasteiger partial charge in [-0.3, -0.25) is 0 Å². The molecular weight excluding hydrogens is 266 g/mol. The van der Waals surface area contributed by atoms with E-state index in [-0.39, 0.29) is 5.41 Å². The minimum absolute atomic E-state index is 0.126. The molecule has 2 rings (SSSR count). The predicted octanol–water partition coefficient (Wildman–Crippen LogP) is 3.93. The van der Waals surface area contributed by atoms with E-state index in [4.69, 9.17) is 4.98 Å². The van der Waals surface area contributed by atoms with Gasteiger partial charge in [0.1, 0.15) is 0 Å². The minimum Gasteiger partial charge on any atom is -0.345 e. The minimum atomic E-state index is 0.126. The summed E-state index contributed by atoms with van der Waals surface area (Å²) in [6, 6.07) is 0.644. The summed E-state index contributed by atoms with van der Waals surface area (Å²) in [7, 11) is 0. The fraction of sp³-hybridized carbons (Fsp3) is 0.812. The third-order valence-electron chi connectivity index (χ3n) is 3.91. The van der Waals surface area contributed by atoms with Gasteiger partial charge in [-0.2, -0.15) is 0 Å². The smallest absolute Gasteiger partial charge is 0.186 e. The second-order valence-electron chi connectivity index (χ2n) is 6.88. The summed E-state index contributed by atoms with van der Waals surface area (Å²) in [5, 5.41) is 4.76. The van der Waals surface area contributed by atoms with Crippen LogP contribution in [0.5, 0.6) is 0 Å². The summed E-state index contributed by atoms with van der Waals surface area (Å²) in [5.74, 6) is 0. The lowest BCUT2D eigenvalue weighted by Gasteiger charge is -2.20. The first-order chi connectivity index (χ1) is 9.43. The zero-order chi connectivity index (χ0) is 14.8. The molecule has 20 heavy (non-hydrogen) atoms. The lowest BCUT2D eigenvalue weighted by atomic mass is 9.91. The van der Waals surface area contributed by atoms with Gasteiger partial charge in [0.25, 0.3) is 0 Å². The highest BCUT2D eigenvalue weighted by Gasteiger charge is 2.28. The Morgan fingerprint density at radius 3 is 2.70 bits per heavy atom. The van der Waals surface area contributed by atoms with E-state index in [1.807, 2.05) is 11.3 Å². The number of rotatable bonds is 5. The van der Waals surface area contributed by atoms with Crippen molar-refractivity contribution in [3.8, 4) is 0 Å². The number of anilines is 1. The van der Waals surface area contributed by atoms with Crippen LogP contribution in [-0.4, -0.2) is 24.1 Å². The van der Waals surface area contributed by atoms with Gasteiger partial charge < -0.3 is 10.2 Å². The molecule has 2 heterocycles. The average Bonchev–Trinajstić information content (AvgIpc) is 2.95. The van der Waals surface area contributed by atoms with Crippen molar-refractivity contribution in [3.05, 3.63) is 10.6 Å². The van der Waals surface area contributed by atoms with Crippen LogP contribution in [0.25, 0.3) is 0 Å². The van der Waals surface area contributed by atoms with Crippen molar-refractivity contribution in [3.63, 3.8) is 0 Å². The number of nitrogens with one attached hydrogen (secondary N) is 1. The van der Waals surface area contributed by atoms with Gasteiger partial charge in [0, 0.05) is 29.4 Å². The summed E-state index contributed by atoms with van der Waals surface area (Å²) < 4.78 is 0. The van der Waals surface area contributed by atoms with Crippen LogP contribution in [-0.2, 0) is 12.0 Å². The van der Waals surface area contributed by atoms with E-state index < -0.39 is 0 Å². The molecule has 1 atom stereocenters. The van der Waals surface area contributed by atoms with Crippen molar-refractivity contribution in [1.29, 1.82) is 0 Å². The van der Waals surface area contributed by atoms with Gasteiger partial charge in [0.15, 0.2) is 5.13 Å². The summed E-state index contributed by atoms with van der Waals surface area (Å²) in [6.07, 6.45) is 3.78. The average molecular weight is 295 g/mol. The zero-order valence-corrected chi connectivity index (χ0v) is 14.4. The largest absolute Gasteiger partial charge is 0.345 e. The number of nitrogens with zero attached hydrogens (tertiary/aromatic N) is 2. The van der Waals surface area contributed by atoms with Gasteiger partial charge >= 0.3 is 0 Å². The molecule has 0 aliphatic carbocycles. The lowest BCUT2D eigenvalue weighted by Crippen LogP contribution is -2.26. The number of hydrogen-bond donors (Lipinski definition) is 1. The van der Waals surface area contributed by atoms with Crippen molar-refractivity contribution in [2.24, 2.45) is 0 Å². The normalized spacial score (nSPS) is 19.9. The molecule has 0 spiro atoms. The molecule has 3 nitrogen and oxygen atoms in total. The highest BCUT2D eigenvalue weighted by molar-refractivity contribution is 7.15. The summed E-state index contributed by atoms with van der Waals surface area (Å²) in [4.78, 5) is 8.90. The number of thiazole rings is 1. The van der Waals surface area contributed by atoms with Crippen LogP contribution in [0.3, 0.4) is 0 Å². The first-order valence-electron chi connectivity index (χ1n) is 7.91. The summed E-state index contributed by atoms with van der Waals surface area (Å²) >= 11 is 1.89. The van der Waals surface area contributed by atoms with E-state index >= 15 is 0 Å². The summed E-state index contributed by atoms with van der Waals surface area (Å²) in [6.45, 7) is 14.5. The molecule has 1 aliphatic rings. The van der Waals surface area contributed by atoms with Gasteiger partial charge in [0.2, 0.25) is 0 Å². The maximum Gasteiger partial charge on any atom is 0.186 e. The molecule has 114 valence electrons. The predicted molar refractivity (Wildman–Crippen MR) is 88.9 cm³/mol. The van der Waals surface area contributed by atoms with Gasteiger partial charge in [0.05, 0.1) is 5.69 Å². The standard InChI is InChI=1S/C16H29N3S/c1-6-9-17-11-13-14(16(3,4)5)18-15(20-13)19-10-7-8-12(19)2/h12,17H,6-11H2,1-5H3. The van der Waals surface area contributed by atoms with Gasteiger partial charge in [-0.15, -0.1) is 11.3 Å². The zero-order valence-electron chi connectivity index (χ0n) is 13.6. The van der Waals surface area contributed by atoms with E-state index in [0.717, 1.165) is 13.1 Å². The molecule has 0 bridgehead atoms. The highest BCUT2D eigenvalue weighted by Crippen LogP contribution is 2.36. The molecule has 0 aromatic carbocycles. The Labute approximate surface area is 127 Å². The van der Waals surface area contributed by atoms with Crippen molar-refractivity contribution in [1.82, 2.24) is 10.3 Å². The van der Waals surface area contributed by atoms with Crippen molar-refractivity contribution in [2.75, 3.05) is 18.0 Å². The second-order valence-corrected chi connectivity index (χ2v) is 7.94. The van der Waals surface area contributed by atoms with E-state index in [1.165, 1.54) is 41.5 Å². The molecule has 1 unspecified atom stereocenters. The Morgan fingerprint density at radius 2 is 2.15 bits per heavy atom.